The molecule has 3 heterocycles. The monoisotopic (exact) mass is 300 g/mol. The molecule has 2 aromatic heterocycles. The normalized spacial score (nSPS) is 18.3. The number of nitrogens with zero attached hydrogens (tertiary/aromatic N) is 4. The second kappa shape index (κ2) is 5.92. The fraction of sp³-hybridized carbons (Fsp3) is 0.357. The SMILES string of the molecule is CN1CC[C@@H](C(=O)Nc2n[nH]c(-c3ccccn3)n2)CC1=O. The number of rotatable bonds is 3. The first-order valence-electron chi connectivity index (χ1n) is 7.02. The van der Waals surface area contributed by atoms with E-state index in [1.54, 1.807) is 30.3 Å². The number of pyridine rings is 1. The lowest BCUT2D eigenvalue weighted by molar-refractivity contribution is -0.137. The second-order valence-corrected chi connectivity index (χ2v) is 5.22. The molecule has 0 radical (unpaired) electrons. The summed E-state index contributed by atoms with van der Waals surface area (Å²) >= 11 is 0. The number of carbonyl (C=O) groups excluding carboxylic acids is 2. The Kier molecular flexibility index (Phi) is 3.82. The van der Waals surface area contributed by atoms with Gasteiger partial charge in [0, 0.05) is 32.1 Å². The average molecular weight is 300 g/mol. The van der Waals surface area contributed by atoms with Gasteiger partial charge in [-0.1, -0.05) is 6.07 Å². The molecule has 3 rings (SSSR count). The van der Waals surface area contributed by atoms with Crippen molar-refractivity contribution in [2.45, 2.75) is 12.8 Å². The molecule has 8 heteroatoms. The van der Waals surface area contributed by atoms with E-state index in [4.69, 9.17) is 0 Å². The van der Waals surface area contributed by atoms with Crippen LogP contribution in [0.3, 0.4) is 0 Å². The van der Waals surface area contributed by atoms with Gasteiger partial charge in [0.2, 0.25) is 17.8 Å². The number of H-pyrrole nitrogens is 1. The van der Waals surface area contributed by atoms with Crippen molar-refractivity contribution in [1.82, 2.24) is 25.1 Å². The van der Waals surface area contributed by atoms with Crippen molar-refractivity contribution in [3.05, 3.63) is 24.4 Å². The van der Waals surface area contributed by atoms with Crippen molar-refractivity contribution in [3.63, 3.8) is 0 Å². The molecule has 0 aromatic carbocycles. The van der Waals surface area contributed by atoms with Gasteiger partial charge in [-0.25, -0.2) is 0 Å². The van der Waals surface area contributed by atoms with Crippen LogP contribution in [0.2, 0.25) is 0 Å². The zero-order chi connectivity index (χ0) is 15.5. The summed E-state index contributed by atoms with van der Waals surface area (Å²) in [5.41, 5.74) is 0.643. The van der Waals surface area contributed by atoms with Gasteiger partial charge in [-0.3, -0.25) is 25.0 Å². The van der Waals surface area contributed by atoms with Crippen LogP contribution in [0, 0.1) is 5.92 Å². The van der Waals surface area contributed by atoms with E-state index >= 15 is 0 Å². The lowest BCUT2D eigenvalue weighted by Gasteiger charge is -2.27. The van der Waals surface area contributed by atoms with Gasteiger partial charge in [0.15, 0.2) is 5.82 Å². The first kappa shape index (κ1) is 14.2. The molecule has 2 N–H and O–H groups in total. The van der Waals surface area contributed by atoms with E-state index in [9.17, 15) is 9.59 Å². The molecule has 2 amide bonds. The molecule has 2 aromatic rings. The topological polar surface area (TPSA) is 104 Å². The Hall–Kier alpha value is -2.77. The fourth-order valence-corrected chi connectivity index (χ4v) is 2.31. The van der Waals surface area contributed by atoms with Gasteiger partial charge >= 0.3 is 0 Å². The standard InChI is InChI=1S/C14H16N6O2/c1-20-7-5-9(8-11(20)21)13(22)17-14-16-12(18-19-14)10-4-2-3-6-15-10/h2-4,6,9H,5,7-8H2,1H3,(H2,16,17,18,19,22)/t9-/m1/s1. The number of amides is 2. The van der Waals surface area contributed by atoms with Crippen LogP contribution in [0.25, 0.3) is 11.5 Å². The Bertz CT molecular complexity index is 684. The third kappa shape index (κ3) is 2.95. The maximum absolute atomic E-state index is 12.2. The van der Waals surface area contributed by atoms with E-state index in [0.717, 1.165) is 0 Å². The van der Waals surface area contributed by atoms with Gasteiger partial charge in [0.05, 0.1) is 0 Å². The van der Waals surface area contributed by atoms with E-state index in [1.807, 2.05) is 6.07 Å². The number of nitrogens with one attached hydrogen (secondary N) is 2. The number of piperidine rings is 1. The second-order valence-electron chi connectivity index (χ2n) is 5.22. The Morgan fingerprint density at radius 1 is 1.45 bits per heavy atom. The largest absolute Gasteiger partial charge is 0.346 e. The molecule has 0 bridgehead atoms. The predicted octanol–water partition coefficient (Wildman–Crippen LogP) is 0.674. The van der Waals surface area contributed by atoms with Crippen LogP contribution in [-0.4, -0.2) is 50.5 Å². The quantitative estimate of drug-likeness (QED) is 0.867. The molecule has 0 aliphatic carbocycles. The molecule has 1 fully saturated rings. The molecule has 0 saturated carbocycles. The summed E-state index contributed by atoms with van der Waals surface area (Å²) in [6.45, 7) is 0.587. The average Bonchev–Trinajstić information content (AvgIpc) is 2.99. The highest BCUT2D eigenvalue weighted by atomic mass is 16.2. The van der Waals surface area contributed by atoms with Gasteiger partial charge < -0.3 is 4.90 Å². The lowest BCUT2D eigenvalue weighted by atomic mass is 9.96. The van der Waals surface area contributed by atoms with E-state index in [2.05, 4.69) is 25.5 Å². The number of likely N-dealkylation sites (tertiary alicyclic amines) is 1. The number of hydrogen-bond donors (Lipinski definition) is 2. The molecule has 1 saturated heterocycles. The molecule has 22 heavy (non-hydrogen) atoms. The van der Waals surface area contributed by atoms with Crippen molar-refractivity contribution in [1.29, 1.82) is 0 Å². The predicted molar refractivity (Wildman–Crippen MR) is 78.6 cm³/mol. The van der Waals surface area contributed by atoms with Gasteiger partial charge in [0.25, 0.3) is 0 Å². The van der Waals surface area contributed by atoms with Crippen LogP contribution in [0.1, 0.15) is 12.8 Å². The molecule has 114 valence electrons. The van der Waals surface area contributed by atoms with E-state index in [1.165, 1.54) is 0 Å². The highest BCUT2D eigenvalue weighted by Gasteiger charge is 2.29. The lowest BCUT2D eigenvalue weighted by Crippen LogP contribution is -2.40. The van der Waals surface area contributed by atoms with Gasteiger partial charge in [0.1, 0.15) is 5.69 Å². The van der Waals surface area contributed by atoms with E-state index in [0.29, 0.717) is 24.5 Å². The summed E-state index contributed by atoms with van der Waals surface area (Å²) in [6, 6.07) is 5.44. The molecule has 0 spiro atoms. The fourth-order valence-electron chi connectivity index (χ4n) is 2.31. The Morgan fingerprint density at radius 3 is 3.05 bits per heavy atom. The summed E-state index contributed by atoms with van der Waals surface area (Å²) in [7, 11) is 1.74. The highest BCUT2D eigenvalue weighted by Crippen LogP contribution is 2.19. The van der Waals surface area contributed by atoms with Gasteiger partial charge in [-0.05, 0) is 18.6 Å². The summed E-state index contributed by atoms with van der Waals surface area (Å²) in [6.07, 6.45) is 2.52. The van der Waals surface area contributed by atoms with E-state index < -0.39 is 0 Å². The number of carbonyl (C=O) groups is 2. The maximum atomic E-state index is 12.2. The highest BCUT2D eigenvalue weighted by molar-refractivity contribution is 5.94. The van der Waals surface area contributed by atoms with E-state index in [-0.39, 0.29) is 30.1 Å². The van der Waals surface area contributed by atoms with Crippen LogP contribution in [0.15, 0.2) is 24.4 Å². The summed E-state index contributed by atoms with van der Waals surface area (Å²) in [5.74, 6) is 0.0940. The molecule has 8 nitrogen and oxygen atoms in total. The molecule has 1 aliphatic heterocycles. The number of anilines is 1. The Morgan fingerprint density at radius 2 is 2.32 bits per heavy atom. The number of aromatic amines is 1. The Balaban J connectivity index is 1.65. The van der Waals surface area contributed by atoms with Crippen LogP contribution in [0.4, 0.5) is 5.95 Å². The van der Waals surface area contributed by atoms with Crippen LogP contribution >= 0.6 is 0 Å². The maximum Gasteiger partial charge on any atom is 0.249 e. The Labute approximate surface area is 127 Å². The molecular formula is C14H16N6O2. The van der Waals surface area contributed by atoms with Crippen molar-refractivity contribution in [2.24, 2.45) is 5.92 Å². The van der Waals surface area contributed by atoms with Gasteiger partial charge in [-0.15, -0.1) is 5.10 Å². The third-order valence-electron chi connectivity index (χ3n) is 3.66. The van der Waals surface area contributed by atoms with Crippen molar-refractivity contribution >= 4 is 17.8 Å². The first-order chi connectivity index (χ1) is 10.6. The number of hydrogen-bond acceptors (Lipinski definition) is 5. The zero-order valence-electron chi connectivity index (χ0n) is 12.1. The van der Waals surface area contributed by atoms with Crippen molar-refractivity contribution in [3.8, 4) is 11.5 Å². The van der Waals surface area contributed by atoms with Crippen molar-refractivity contribution in [2.75, 3.05) is 18.9 Å². The number of aromatic nitrogens is 4. The summed E-state index contributed by atoms with van der Waals surface area (Å²) in [5, 5.41) is 9.34. The van der Waals surface area contributed by atoms with Crippen LogP contribution < -0.4 is 5.32 Å². The minimum atomic E-state index is -0.333. The van der Waals surface area contributed by atoms with Gasteiger partial charge in [-0.2, -0.15) is 4.98 Å². The minimum Gasteiger partial charge on any atom is -0.346 e. The third-order valence-corrected chi connectivity index (χ3v) is 3.66. The molecular weight excluding hydrogens is 284 g/mol. The summed E-state index contributed by atoms with van der Waals surface area (Å²) < 4.78 is 0. The molecule has 1 aliphatic rings. The molecule has 1 atom stereocenters. The minimum absolute atomic E-state index is 0.0180. The smallest absolute Gasteiger partial charge is 0.249 e. The van der Waals surface area contributed by atoms with Crippen LogP contribution in [0.5, 0.6) is 0 Å². The molecule has 0 unspecified atom stereocenters. The zero-order valence-corrected chi connectivity index (χ0v) is 12.1. The first-order valence-corrected chi connectivity index (χ1v) is 7.02. The van der Waals surface area contributed by atoms with Crippen LogP contribution in [-0.2, 0) is 9.59 Å². The van der Waals surface area contributed by atoms with Crippen molar-refractivity contribution < 1.29 is 9.59 Å². The summed E-state index contributed by atoms with van der Waals surface area (Å²) in [4.78, 5) is 33.8.